The molecule has 0 bridgehead atoms. The molecule has 7 heteroatoms. The third kappa shape index (κ3) is 3.15. The van der Waals surface area contributed by atoms with Crippen LogP contribution >= 0.6 is 0 Å². The van der Waals surface area contributed by atoms with Gasteiger partial charge in [0.15, 0.2) is 0 Å². The molecule has 2 aliphatic heterocycles. The molecule has 0 unspecified atom stereocenters. The summed E-state index contributed by atoms with van der Waals surface area (Å²) in [5, 5.41) is 0. The first-order valence-electron chi connectivity index (χ1n) is 9.00. The van der Waals surface area contributed by atoms with Gasteiger partial charge in [-0.3, -0.25) is 4.79 Å². The van der Waals surface area contributed by atoms with Crippen LogP contribution in [0.5, 0.6) is 5.75 Å². The summed E-state index contributed by atoms with van der Waals surface area (Å²) >= 11 is 0. The van der Waals surface area contributed by atoms with Gasteiger partial charge in [-0.15, -0.1) is 0 Å². The van der Waals surface area contributed by atoms with Gasteiger partial charge in [-0.2, -0.15) is 4.31 Å². The fourth-order valence-electron chi connectivity index (χ4n) is 3.86. The van der Waals surface area contributed by atoms with E-state index in [0.29, 0.717) is 44.1 Å². The Morgan fingerprint density at radius 2 is 1.88 bits per heavy atom. The molecule has 2 heterocycles. The van der Waals surface area contributed by atoms with Crippen molar-refractivity contribution in [1.82, 2.24) is 9.21 Å². The highest BCUT2D eigenvalue weighted by Crippen LogP contribution is 2.39. The largest absolute Gasteiger partial charge is 0.487 e. The molecule has 1 aromatic carbocycles. The minimum absolute atomic E-state index is 0.0356. The van der Waals surface area contributed by atoms with Crippen molar-refractivity contribution in [1.29, 1.82) is 0 Å². The number of carbonyl (C=O) groups is 1. The van der Waals surface area contributed by atoms with Crippen molar-refractivity contribution in [3.05, 3.63) is 24.3 Å². The number of nitrogens with zero attached hydrogens (tertiary/aromatic N) is 2. The quantitative estimate of drug-likeness (QED) is 0.803. The predicted octanol–water partition coefficient (Wildman–Crippen LogP) is 1.86. The van der Waals surface area contributed by atoms with Crippen molar-refractivity contribution in [2.24, 2.45) is 5.92 Å². The molecule has 1 amide bonds. The lowest BCUT2D eigenvalue weighted by Crippen LogP contribution is -2.48. The van der Waals surface area contributed by atoms with E-state index in [9.17, 15) is 13.2 Å². The molecule has 1 aliphatic carbocycles. The highest BCUT2D eigenvalue weighted by Gasteiger charge is 2.45. The van der Waals surface area contributed by atoms with Crippen molar-refractivity contribution >= 4 is 15.9 Å². The van der Waals surface area contributed by atoms with Crippen LogP contribution in [0.25, 0.3) is 0 Å². The van der Waals surface area contributed by atoms with E-state index in [0.717, 1.165) is 12.8 Å². The van der Waals surface area contributed by atoms with Crippen LogP contribution in [0.3, 0.4) is 0 Å². The summed E-state index contributed by atoms with van der Waals surface area (Å²) in [7, 11) is -3.59. The topological polar surface area (TPSA) is 66.9 Å². The van der Waals surface area contributed by atoms with Gasteiger partial charge in [0.2, 0.25) is 15.9 Å². The van der Waals surface area contributed by atoms with Gasteiger partial charge in [0.05, 0.1) is 6.04 Å². The summed E-state index contributed by atoms with van der Waals surface area (Å²) in [5.74, 6) is 0.924. The molecule has 0 spiro atoms. The van der Waals surface area contributed by atoms with Gasteiger partial charge >= 0.3 is 0 Å². The molecule has 1 aromatic rings. The summed E-state index contributed by atoms with van der Waals surface area (Å²) in [4.78, 5) is 13.8. The molecule has 6 nitrogen and oxygen atoms in total. The standard InChI is InChI=1S/C18H24N2O4S/c1-13(21)19-10-8-15-16(9-11-19)24-17-4-2-3-5-18(17)25(22,23)20(15)12-14-6-7-14/h2-5,14-16H,6-12H2,1H3/t15-,16+/m1/s1. The van der Waals surface area contributed by atoms with E-state index < -0.39 is 10.0 Å². The maximum absolute atomic E-state index is 13.3. The Labute approximate surface area is 148 Å². The van der Waals surface area contributed by atoms with E-state index in [4.69, 9.17) is 4.74 Å². The minimum Gasteiger partial charge on any atom is -0.487 e. The zero-order valence-electron chi connectivity index (χ0n) is 14.4. The average Bonchev–Trinajstić information content (AvgIpc) is 3.40. The fourth-order valence-corrected chi connectivity index (χ4v) is 5.74. The summed E-state index contributed by atoms with van der Waals surface area (Å²) in [6, 6.07) is 6.70. The molecule has 25 heavy (non-hydrogen) atoms. The maximum atomic E-state index is 13.3. The van der Waals surface area contributed by atoms with Crippen LogP contribution in [0.2, 0.25) is 0 Å². The molecule has 2 fully saturated rings. The smallest absolute Gasteiger partial charge is 0.247 e. The monoisotopic (exact) mass is 364 g/mol. The Morgan fingerprint density at radius 1 is 1.16 bits per heavy atom. The van der Waals surface area contributed by atoms with Crippen molar-refractivity contribution < 1.29 is 17.9 Å². The molecule has 1 saturated heterocycles. The molecule has 2 atom stereocenters. The molecule has 0 aromatic heterocycles. The number of hydrogen-bond acceptors (Lipinski definition) is 4. The zero-order chi connectivity index (χ0) is 17.6. The van der Waals surface area contributed by atoms with E-state index in [-0.39, 0.29) is 22.9 Å². The van der Waals surface area contributed by atoms with Gasteiger partial charge in [0.1, 0.15) is 16.7 Å². The van der Waals surface area contributed by atoms with E-state index in [1.165, 1.54) is 0 Å². The Balaban J connectivity index is 1.74. The minimum atomic E-state index is -3.59. The maximum Gasteiger partial charge on any atom is 0.247 e. The first-order chi connectivity index (χ1) is 12.0. The lowest BCUT2D eigenvalue weighted by molar-refractivity contribution is -0.128. The molecule has 1 saturated carbocycles. The molecular formula is C18H24N2O4S. The first-order valence-corrected chi connectivity index (χ1v) is 10.4. The number of hydrogen-bond donors (Lipinski definition) is 0. The third-order valence-corrected chi connectivity index (χ3v) is 7.40. The highest BCUT2D eigenvalue weighted by molar-refractivity contribution is 7.89. The molecule has 4 rings (SSSR count). The summed E-state index contributed by atoms with van der Waals surface area (Å²) in [5.41, 5.74) is 0. The van der Waals surface area contributed by atoms with Crippen LogP contribution in [0.15, 0.2) is 29.2 Å². The van der Waals surface area contributed by atoms with E-state index in [1.54, 1.807) is 40.4 Å². The number of ether oxygens (including phenoxy) is 1. The Kier molecular flexibility index (Phi) is 4.24. The normalized spacial score (nSPS) is 28.9. The summed E-state index contributed by atoms with van der Waals surface area (Å²) in [6.45, 7) is 3.31. The number of fused-ring (bicyclic) bond motifs is 2. The van der Waals surface area contributed by atoms with E-state index in [2.05, 4.69) is 0 Å². The molecule has 0 radical (unpaired) electrons. The van der Waals surface area contributed by atoms with Crippen LogP contribution in [-0.4, -0.2) is 55.3 Å². The lowest BCUT2D eigenvalue weighted by atomic mass is 10.1. The van der Waals surface area contributed by atoms with Crippen molar-refractivity contribution in [2.75, 3.05) is 19.6 Å². The number of benzene rings is 1. The van der Waals surface area contributed by atoms with Crippen LogP contribution < -0.4 is 4.74 Å². The second-order valence-electron chi connectivity index (χ2n) is 7.27. The number of likely N-dealkylation sites (tertiary alicyclic amines) is 1. The number of amides is 1. The van der Waals surface area contributed by atoms with Crippen LogP contribution in [0, 0.1) is 5.92 Å². The van der Waals surface area contributed by atoms with Gasteiger partial charge in [-0.1, -0.05) is 12.1 Å². The second-order valence-corrected chi connectivity index (χ2v) is 9.13. The van der Waals surface area contributed by atoms with Crippen molar-refractivity contribution in [3.8, 4) is 5.75 Å². The zero-order valence-corrected chi connectivity index (χ0v) is 15.2. The van der Waals surface area contributed by atoms with Gasteiger partial charge < -0.3 is 9.64 Å². The third-order valence-electron chi connectivity index (χ3n) is 5.47. The van der Waals surface area contributed by atoms with E-state index >= 15 is 0 Å². The van der Waals surface area contributed by atoms with Crippen LogP contribution in [-0.2, 0) is 14.8 Å². The van der Waals surface area contributed by atoms with Crippen LogP contribution in [0.4, 0.5) is 0 Å². The van der Waals surface area contributed by atoms with Crippen molar-refractivity contribution in [2.45, 2.75) is 49.6 Å². The van der Waals surface area contributed by atoms with E-state index in [1.807, 2.05) is 0 Å². The fraction of sp³-hybridized carbons (Fsp3) is 0.611. The lowest BCUT2D eigenvalue weighted by Gasteiger charge is -2.31. The number of sulfonamides is 1. The molecule has 0 N–H and O–H groups in total. The second kappa shape index (κ2) is 6.29. The van der Waals surface area contributed by atoms with Gasteiger partial charge in [0.25, 0.3) is 0 Å². The average molecular weight is 364 g/mol. The number of rotatable bonds is 2. The van der Waals surface area contributed by atoms with Gasteiger partial charge in [0, 0.05) is 33.0 Å². The molecular weight excluding hydrogens is 340 g/mol. The van der Waals surface area contributed by atoms with Gasteiger partial charge in [-0.25, -0.2) is 8.42 Å². The van der Waals surface area contributed by atoms with Crippen molar-refractivity contribution in [3.63, 3.8) is 0 Å². The van der Waals surface area contributed by atoms with Gasteiger partial charge in [-0.05, 0) is 37.3 Å². The van der Waals surface area contributed by atoms with Crippen LogP contribution in [0.1, 0.15) is 32.6 Å². The first kappa shape index (κ1) is 16.8. The molecule has 3 aliphatic rings. The number of carbonyl (C=O) groups excluding carboxylic acids is 1. The summed E-state index contributed by atoms with van der Waals surface area (Å²) in [6.07, 6.45) is 3.22. The highest BCUT2D eigenvalue weighted by atomic mass is 32.2. The predicted molar refractivity (Wildman–Crippen MR) is 92.7 cm³/mol. The Hall–Kier alpha value is -1.60. The SMILES string of the molecule is CC(=O)N1CC[C@@H]2Oc3ccccc3S(=O)(=O)N(CC3CC3)[C@@H]2CC1. The Bertz CT molecular complexity index is 775. The summed E-state index contributed by atoms with van der Waals surface area (Å²) < 4.78 is 34.5. The number of para-hydroxylation sites is 1. The Morgan fingerprint density at radius 3 is 2.60 bits per heavy atom. The molecule has 136 valence electrons.